The Balaban J connectivity index is 4.57. The first kappa shape index (κ1) is 23.8. The monoisotopic (exact) mass is 486 g/mol. The fourth-order valence-corrected chi connectivity index (χ4v) is 2.03. The van der Waals surface area contributed by atoms with E-state index in [2.05, 4.69) is 42.5 Å². The van der Waals surface area contributed by atoms with Crippen molar-refractivity contribution < 1.29 is 28.7 Å². The summed E-state index contributed by atoms with van der Waals surface area (Å²) < 4.78 is 10.2. The summed E-state index contributed by atoms with van der Waals surface area (Å²) in [7, 11) is 0. The van der Waals surface area contributed by atoms with E-state index in [1.807, 2.05) is 13.8 Å². The molecule has 10 heteroatoms. The summed E-state index contributed by atoms with van der Waals surface area (Å²) in [5.41, 5.74) is 0. The number of rotatable bonds is 7. The second kappa shape index (κ2) is 11.5. The molecule has 0 aliphatic rings. The first-order chi connectivity index (χ1) is 11.5. The van der Waals surface area contributed by atoms with Gasteiger partial charge in [0.05, 0.1) is 16.3 Å². The molecule has 0 saturated heterocycles. The number of carbonyl (C=O) groups excluding carboxylic acids is 4. The van der Waals surface area contributed by atoms with Gasteiger partial charge in [-0.1, -0.05) is 52.6 Å². The lowest BCUT2D eigenvalue weighted by molar-refractivity contribution is -0.120. The zero-order valence-electron chi connectivity index (χ0n) is 14.8. The van der Waals surface area contributed by atoms with Gasteiger partial charge in [-0.15, -0.1) is 0 Å². The molecule has 0 fully saturated rings. The number of ether oxygens (including phenoxy) is 2. The fourth-order valence-electron chi connectivity index (χ4n) is 1.80. The normalized spacial score (nSPS) is 15.5. The number of carbonyl (C=O) groups is 4. The number of amides is 4. The van der Waals surface area contributed by atoms with Gasteiger partial charge in [0.2, 0.25) is 11.8 Å². The summed E-state index contributed by atoms with van der Waals surface area (Å²) in [5, 5.41) is 4.17. The number of hydrogen-bond acceptors (Lipinski definition) is 6. The van der Waals surface area contributed by atoms with Gasteiger partial charge >= 0.3 is 12.2 Å². The molecule has 0 aliphatic heterocycles. The molecule has 0 rings (SSSR count). The lowest BCUT2D eigenvalue weighted by Gasteiger charge is -2.27. The lowest BCUT2D eigenvalue weighted by atomic mass is 9.95. The Bertz CT molecular complexity index is 496. The summed E-state index contributed by atoms with van der Waals surface area (Å²) >= 11 is 6.08. The Hall–Kier alpha value is -1.16. The molecule has 0 radical (unpaired) electrons. The van der Waals surface area contributed by atoms with Crippen LogP contribution in [0.15, 0.2) is 0 Å². The standard InChI is InChI=1S/C15H24Br2N2O6/c1-7(2)11(25-15(23)19-13(21)10(5)17)8(3)6-24-14(22)18-12(20)9(4)16/h7-11H,6H2,1-5H3,(H,18,20,22)(H,19,21,23). The highest BCUT2D eigenvalue weighted by molar-refractivity contribution is 9.10. The first-order valence-electron chi connectivity index (χ1n) is 7.72. The van der Waals surface area contributed by atoms with E-state index >= 15 is 0 Å². The van der Waals surface area contributed by atoms with Crippen molar-refractivity contribution in [2.24, 2.45) is 11.8 Å². The van der Waals surface area contributed by atoms with Crippen molar-refractivity contribution in [1.82, 2.24) is 10.6 Å². The molecular weight excluding hydrogens is 464 g/mol. The van der Waals surface area contributed by atoms with Crippen LogP contribution < -0.4 is 10.6 Å². The number of hydrogen-bond donors (Lipinski definition) is 2. The molecule has 144 valence electrons. The molecule has 4 atom stereocenters. The smallest absolute Gasteiger partial charge is 0.414 e. The number of alkyl halides is 2. The highest BCUT2D eigenvalue weighted by atomic mass is 79.9. The molecule has 0 spiro atoms. The van der Waals surface area contributed by atoms with E-state index in [-0.39, 0.29) is 18.4 Å². The van der Waals surface area contributed by atoms with Gasteiger partial charge in [0.15, 0.2) is 0 Å². The van der Waals surface area contributed by atoms with Crippen molar-refractivity contribution in [3.05, 3.63) is 0 Å². The maximum Gasteiger partial charge on any atom is 0.414 e. The summed E-state index contributed by atoms with van der Waals surface area (Å²) in [5.74, 6) is -1.45. The van der Waals surface area contributed by atoms with E-state index in [9.17, 15) is 19.2 Å². The lowest BCUT2D eigenvalue weighted by Crippen LogP contribution is -2.42. The van der Waals surface area contributed by atoms with Crippen LogP contribution in [0.4, 0.5) is 9.59 Å². The molecule has 8 nitrogen and oxygen atoms in total. The average molecular weight is 488 g/mol. The molecule has 25 heavy (non-hydrogen) atoms. The third-order valence-corrected chi connectivity index (χ3v) is 3.94. The number of nitrogens with one attached hydrogen (secondary N) is 2. The predicted octanol–water partition coefficient (Wildman–Crippen LogP) is 2.72. The topological polar surface area (TPSA) is 111 Å². The SMILES string of the molecule is CC(Br)C(=O)NC(=O)OCC(C)C(OC(=O)NC(=O)C(C)Br)C(C)C. The van der Waals surface area contributed by atoms with Crippen molar-refractivity contribution in [2.75, 3.05) is 6.61 Å². The molecule has 4 amide bonds. The largest absolute Gasteiger partial charge is 0.449 e. The minimum absolute atomic E-state index is 0.0608. The summed E-state index contributed by atoms with van der Waals surface area (Å²) in [6.07, 6.45) is -2.33. The highest BCUT2D eigenvalue weighted by Gasteiger charge is 2.27. The van der Waals surface area contributed by atoms with Crippen molar-refractivity contribution in [3.8, 4) is 0 Å². The van der Waals surface area contributed by atoms with Crippen LogP contribution >= 0.6 is 31.9 Å². The van der Waals surface area contributed by atoms with Gasteiger partial charge < -0.3 is 9.47 Å². The van der Waals surface area contributed by atoms with Gasteiger partial charge in [-0.3, -0.25) is 20.2 Å². The van der Waals surface area contributed by atoms with Crippen LogP contribution in [0.25, 0.3) is 0 Å². The minimum atomic E-state index is -0.876. The van der Waals surface area contributed by atoms with Crippen molar-refractivity contribution >= 4 is 55.9 Å². The van der Waals surface area contributed by atoms with Gasteiger partial charge in [-0.05, 0) is 19.8 Å². The minimum Gasteiger partial charge on any atom is -0.449 e. The molecular formula is C15H24Br2N2O6. The van der Waals surface area contributed by atoms with Crippen molar-refractivity contribution in [1.29, 1.82) is 0 Å². The second-order valence-electron chi connectivity index (χ2n) is 5.90. The number of halogens is 2. The second-order valence-corrected chi connectivity index (χ2v) is 8.65. The predicted molar refractivity (Wildman–Crippen MR) is 98.7 cm³/mol. The Morgan fingerprint density at radius 3 is 1.68 bits per heavy atom. The molecule has 0 aromatic carbocycles. The molecule has 0 bridgehead atoms. The third kappa shape index (κ3) is 9.78. The summed E-state index contributed by atoms with van der Waals surface area (Å²) in [6.45, 7) is 8.48. The van der Waals surface area contributed by atoms with E-state index < -0.39 is 39.8 Å². The van der Waals surface area contributed by atoms with Crippen LogP contribution in [0, 0.1) is 11.8 Å². The van der Waals surface area contributed by atoms with Gasteiger partial charge in [0.25, 0.3) is 0 Å². The van der Waals surface area contributed by atoms with Crippen LogP contribution in [-0.4, -0.2) is 46.4 Å². The Morgan fingerprint density at radius 2 is 1.28 bits per heavy atom. The quantitative estimate of drug-likeness (QED) is 0.534. The number of imide groups is 2. The van der Waals surface area contributed by atoms with Gasteiger partial charge in [0, 0.05) is 5.92 Å². The van der Waals surface area contributed by atoms with E-state index in [1.165, 1.54) is 0 Å². The van der Waals surface area contributed by atoms with Gasteiger partial charge in [-0.25, -0.2) is 9.59 Å². The summed E-state index contributed by atoms with van der Waals surface area (Å²) in [4.78, 5) is 45.1. The van der Waals surface area contributed by atoms with E-state index in [0.29, 0.717) is 0 Å². The molecule has 0 saturated carbocycles. The molecule has 0 aliphatic carbocycles. The van der Waals surface area contributed by atoms with Crippen LogP contribution in [0.2, 0.25) is 0 Å². The zero-order valence-corrected chi connectivity index (χ0v) is 18.0. The maximum absolute atomic E-state index is 11.8. The molecule has 2 N–H and O–H groups in total. The van der Waals surface area contributed by atoms with Crippen LogP contribution in [0.3, 0.4) is 0 Å². The van der Waals surface area contributed by atoms with E-state index in [0.717, 1.165) is 0 Å². The zero-order chi connectivity index (χ0) is 19.7. The average Bonchev–Trinajstić information content (AvgIpc) is 2.49. The van der Waals surface area contributed by atoms with E-state index in [4.69, 9.17) is 9.47 Å². The highest BCUT2D eigenvalue weighted by Crippen LogP contribution is 2.17. The van der Waals surface area contributed by atoms with Crippen molar-refractivity contribution in [2.45, 2.75) is 50.4 Å². The Kier molecular flexibility index (Phi) is 10.9. The van der Waals surface area contributed by atoms with Gasteiger partial charge in [0.1, 0.15) is 6.10 Å². The molecule has 0 aromatic heterocycles. The Labute approximate surface area is 164 Å². The summed E-state index contributed by atoms with van der Waals surface area (Å²) in [6, 6.07) is 0. The molecule has 0 aromatic rings. The van der Waals surface area contributed by atoms with Crippen LogP contribution in [-0.2, 0) is 19.1 Å². The van der Waals surface area contributed by atoms with Crippen LogP contribution in [0.5, 0.6) is 0 Å². The fraction of sp³-hybridized carbons (Fsp3) is 0.733. The van der Waals surface area contributed by atoms with Gasteiger partial charge in [-0.2, -0.15) is 0 Å². The van der Waals surface area contributed by atoms with Crippen molar-refractivity contribution in [3.63, 3.8) is 0 Å². The number of alkyl carbamates (subject to hydrolysis) is 2. The first-order valence-corrected chi connectivity index (χ1v) is 9.56. The van der Waals surface area contributed by atoms with E-state index in [1.54, 1.807) is 20.8 Å². The van der Waals surface area contributed by atoms with Crippen LogP contribution in [0.1, 0.15) is 34.6 Å². The third-order valence-electron chi connectivity index (χ3n) is 3.11. The molecule has 4 unspecified atom stereocenters. The maximum atomic E-state index is 11.8. The Morgan fingerprint density at radius 1 is 0.840 bits per heavy atom. The molecule has 0 heterocycles.